The molecule has 0 amide bonds. The van der Waals surface area contributed by atoms with E-state index in [2.05, 4.69) is 14.9 Å². The first-order valence-electron chi connectivity index (χ1n) is 9.59. The number of nitrogens with one attached hydrogen (secondary N) is 1. The van der Waals surface area contributed by atoms with Gasteiger partial charge in [0.2, 0.25) is 11.8 Å². The van der Waals surface area contributed by atoms with Gasteiger partial charge in [-0.2, -0.15) is 0 Å². The normalized spacial score (nSPS) is 16.9. The zero-order valence-electron chi connectivity index (χ0n) is 17.6. The second kappa shape index (κ2) is 8.33. The van der Waals surface area contributed by atoms with E-state index in [1.54, 1.807) is 50.0 Å². The van der Waals surface area contributed by atoms with E-state index < -0.39 is 21.8 Å². The lowest BCUT2D eigenvalue weighted by Crippen LogP contribution is -2.59. The third-order valence-electron chi connectivity index (χ3n) is 5.22. The highest BCUT2D eigenvalue weighted by Crippen LogP contribution is 2.38. The molecular formula is C20H24N4O6S. The number of benzene rings is 1. The van der Waals surface area contributed by atoms with Crippen LogP contribution in [-0.4, -0.2) is 62.4 Å². The van der Waals surface area contributed by atoms with Gasteiger partial charge in [0.15, 0.2) is 5.76 Å². The number of aryl methyl sites for hydroxylation is 1. The molecule has 0 bridgehead atoms. The first-order valence-corrected chi connectivity index (χ1v) is 10.8. The average Bonchev–Trinajstić information content (AvgIpc) is 3.36. The topological polar surface area (TPSA) is 121 Å². The molecule has 2 aromatic heterocycles. The number of rotatable bonds is 8. The summed E-state index contributed by atoms with van der Waals surface area (Å²) in [7, 11) is 1.39. The highest BCUT2D eigenvalue weighted by molar-refractivity contribution is 7.87. The van der Waals surface area contributed by atoms with Gasteiger partial charge in [-0.05, 0) is 38.1 Å². The summed E-state index contributed by atoms with van der Waals surface area (Å²) in [6, 6.07) is 8.92. The Morgan fingerprint density at radius 3 is 2.39 bits per heavy atom. The van der Waals surface area contributed by atoms with Gasteiger partial charge >= 0.3 is 0 Å². The lowest BCUT2D eigenvalue weighted by molar-refractivity contribution is -0.175. The van der Waals surface area contributed by atoms with Crippen molar-refractivity contribution in [3.8, 4) is 28.8 Å². The Kier molecular flexibility index (Phi) is 5.73. The van der Waals surface area contributed by atoms with E-state index in [1.165, 1.54) is 0 Å². The van der Waals surface area contributed by atoms with E-state index in [9.17, 15) is 9.32 Å². The third-order valence-corrected chi connectivity index (χ3v) is 6.69. The van der Waals surface area contributed by atoms with Gasteiger partial charge in [-0.3, -0.25) is 9.29 Å². The predicted molar refractivity (Wildman–Crippen MR) is 114 cm³/mol. The fourth-order valence-electron chi connectivity index (χ4n) is 3.25. The Hall–Kier alpha value is -2.89. The van der Waals surface area contributed by atoms with Crippen LogP contribution in [0.25, 0.3) is 17.3 Å². The molecule has 1 aromatic carbocycles. The van der Waals surface area contributed by atoms with Crippen LogP contribution in [0, 0.1) is 6.92 Å². The molecule has 31 heavy (non-hydrogen) atoms. The molecule has 4 rings (SSSR count). The number of anilines is 1. The molecule has 0 spiro atoms. The number of aliphatic hydroxyl groups is 1. The SMILES string of the molecule is COc1cccc(OC)c1-n1c(NS(=O)C(C)C2(O)COC2)nnc1-c1ccc(C)o1. The van der Waals surface area contributed by atoms with Crippen molar-refractivity contribution >= 4 is 16.9 Å². The largest absolute Gasteiger partial charge is 0.494 e. The van der Waals surface area contributed by atoms with Gasteiger partial charge in [0.05, 0.1) is 32.7 Å². The van der Waals surface area contributed by atoms with E-state index in [1.807, 2.05) is 13.0 Å². The van der Waals surface area contributed by atoms with Gasteiger partial charge in [0.1, 0.15) is 39.5 Å². The van der Waals surface area contributed by atoms with Crippen LogP contribution in [0.4, 0.5) is 5.95 Å². The Bertz CT molecular complexity index is 1080. The third kappa shape index (κ3) is 3.80. The van der Waals surface area contributed by atoms with Crippen LogP contribution in [0.2, 0.25) is 0 Å². The van der Waals surface area contributed by atoms with Crippen molar-refractivity contribution in [2.45, 2.75) is 24.7 Å². The smallest absolute Gasteiger partial charge is 0.241 e. The van der Waals surface area contributed by atoms with Gasteiger partial charge in [-0.25, -0.2) is 4.21 Å². The molecule has 10 nitrogen and oxygen atoms in total. The molecule has 2 atom stereocenters. The van der Waals surface area contributed by atoms with Crippen molar-refractivity contribution < 1.29 is 27.9 Å². The summed E-state index contributed by atoms with van der Waals surface area (Å²) < 4.78 is 39.5. The van der Waals surface area contributed by atoms with Crippen molar-refractivity contribution in [3.63, 3.8) is 0 Å². The summed E-state index contributed by atoms with van der Waals surface area (Å²) >= 11 is 0. The standard InChI is InChI=1S/C20H24N4O6S/c1-12-8-9-16(30-12)18-21-22-19(23-31(26)13(2)20(25)10-29-11-20)24(18)17-14(27-3)6-5-7-15(17)28-4/h5-9,13,25H,10-11H2,1-4H3,(H,22,23). The maximum absolute atomic E-state index is 13.0. The number of methoxy groups -OCH3 is 2. The van der Waals surface area contributed by atoms with E-state index in [4.69, 9.17) is 18.6 Å². The molecule has 0 radical (unpaired) electrons. The minimum Gasteiger partial charge on any atom is -0.494 e. The van der Waals surface area contributed by atoms with Crippen LogP contribution in [0.15, 0.2) is 34.7 Å². The second-order valence-corrected chi connectivity index (χ2v) is 8.75. The molecule has 2 unspecified atom stereocenters. The molecule has 0 saturated carbocycles. The van der Waals surface area contributed by atoms with Crippen molar-refractivity contribution in [2.24, 2.45) is 0 Å². The maximum Gasteiger partial charge on any atom is 0.241 e. The lowest BCUT2D eigenvalue weighted by atomic mass is 9.99. The molecule has 3 heterocycles. The van der Waals surface area contributed by atoms with Crippen molar-refractivity contribution in [1.82, 2.24) is 14.8 Å². The average molecular weight is 449 g/mol. The van der Waals surface area contributed by atoms with Gasteiger partial charge in [0, 0.05) is 0 Å². The fourth-order valence-corrected chi connectivity index (χ4v) is 4.28. The van der Waals surface area contributed by atoms with Crippen molar-refractivity contribution in [1.29, 1.82) is 0 Å². The Morgan fingerprint density at radius 2 is 1.87 bits per heavy atom. The molecule has 11 heteroatoms. The number of aromatic nitrogens is 3. The molecule has 0 aliphatic carbocycles. The van der Waals surface area contributed by atoms with Gasteiger partial charge in [0.25, 0.3) is 0 Å². The zero-order valence-corrected chi connectivity index (χ0v) is 18.4. The van der Waals surface area contributed by atoms with E-state index in [-0.39, 0.29) is 19.2 Å². The second-order valence-electron chi connectivity index (χ2n) is 7.24. The quantitative estimate of drug-likeness (QED) is 0.537. The van der Waals surface area contributed by atoms with Crippen LogP contribution in [-0.2, 0) is 15.7 Å². The van der Waals surface area contributed by atoms with Crippen LogP contribution in [0.3, 0.4) is 0 Å². The maximum atomic E-state index is 13.0. The number of ether oxygens (including phenoxy) is 3. The molecule has 3 aromatic rings. The number of hydrogen-bond acceptors (Lipinski definition) is 8. The highest BCUT2D eigenvalue weighted by atomic mass is 32.2. The van der Waals surface area contributed by atoms with Gasteiger partial charge in [-0.1, -0.05) is 6.07 Å². The fraction of sp³-hybridized carbons (Fsp3) is 0.400. The monoisotopic (exact) mass is 448 g/mol. The Balaban J connectivity index is 1.83. The van der Waals surface area contributed by atoms with Crippen LogP contribution in [0.1, 0.15) is 12.7 Å². The number of hydrogen-bond donors (Lipinski definition) is 2. The predicted octanol–water partition coefficient (Wildman–Crippen LogP) is 2.08. The summed E-state index contributed by atoms with van der Waals surface area (Å²) in [6.07, 6.45) is 0. The summed E-state index contributed by atoms with van der Waals surface area (Å²) in [5.74, 6) is 2.72. The first-order chi connectivity index (χ1) is 14.9. The van der Waals surface area contributed by atoms with Crippen LogP contribution < -0.4 is 14.2 Å². The summed E-state index contributed by atoms with van der Waals surface area (Å²) in [5.41, 5.74) is -0.648. The van der Waals surface area contributed by atoms with Gasteiger partial charge < -0.3 is 23.7 Å². The minimum absolute atomic E-state index is 0.130. The number of para-hydroxylation sites is 1. The first kappa shape index (κ1) is 21.3. The van der Waals surface area contributed by atoms with Crippen LogP contribution >= 0.6 is 0 Å². The molecule has 1 aliphatic heterocycles. The van der Waals surface area contributed by atoms with Crippen molar-refractivity contribution in [2.75, 3.05) is 32.2 Å². The highest BCUT2D eigenvalue weighted by Gasteiger charge is 2.45. The van der Waals surface area contributed by atoms with E-state index in [0.29, 0.717) is 34.5 Å². The molecule has 2 N–H and O–H groups in total. The summed E-state index contributed by atoms with van der Waals surface area (Å²) in [5, 5.41) is 18.4. The Morgan fingerprint density at radius 1 is 1.19 bits per heavy atom. The van der Waals surface area contributed by atoms with Gasteiger partial charge in [-0.15, -0.1) is 10.2 Å². The number of furan rings is 1. The molecule has 1 fully saturated rings. The molecular weight excluding hydrogens is 424 g/mol. The summed E-state index contributed by atoms with van der Waals surface area (Å²) in [6.45, 7) is 3.77. The van der Waals surface area contributed by atoms with Crippen LogP contribution in [0.5, 0.6) is 11.5 Å². The minimum atomic E-state index is -1.69. The lowest BCUT2D eigenvalue weighted by Gasteiger charge is -2.40. The Labute approximate surface area is 181 Å². The van der Waals surface area contributed by atoms with Crippen molar-refractivity contribution in [3.05, 3.63) is 36.1 Å². The molecule has 1 aliphatic rings. The van der Waals surface area contributed by atoms with E-state index >= 15 is 0 Å². The molecule has 1 saturated heterocycles. The molecule has 166 valence electrons. The number of nitrogens with zero attached hydrogens (tertiary/aromatic N) is 3. The van der Waals surface area contributed by atoms with E-state index in [0.717, 1.165) is 0 Å². The zero-order chi connectivity index (χ0) is 22.2. The summed E-state index contributed by atoms with van der Waals surface area (Å²) in [4.78, 5) is 0.